The van der Waals surface area contributed by atoms with Gasteiger partial charge in [-0.05, 0) is 30.5 Å². The number of halogens is 2. The second kappa shape index (κ2) is 8.25. The van der Waals surface area contributed by atoms with Gasteiger partial charge in [0.15, 0.2) is 0 Å². The normalized spacial score (nSPS) is 10.6. The van der Waals surface area contributed by atoms with Crippen LogP contribution in [0.15, 0.2) is 18.2 Å². The lowest BCUT2D eigenvalue weighted by molar-refractivity contribution is -0.133. The van der Waals surface area contributed by atoms with Gasteiger partial charge in [-0.3, -0.25) is 9.59 Å². The molecule has 4 nitrogen and oxygen atoms in total. The Balaban J connectivity index is 2.49. The molecule has 0 aliphatic heterocycles. The zero-order chi connectivity index (χ0) is 16.0. The van der Waals surface area contributed by atoms with E-state index < -0.39 is 0 Å². The van der Waals surface area contributed by atoms with Crippen molar-refractivity contribution in [2.75, 3.05) is 18.9 Å². The summed E-state index contributed by atoms with van der Waals surface area (Å²) in [7, 11) is 1.62. The van der Waals surface area contributed by atoms with E-state index in [1.54, 1.807) is 25.2 Å². The molecule has 1 aromatic rings. The zero-order valence-corrected chi connectivity index (χ0v) is 14.0. The number of likely N-dealkylation sites (N-methyl/N-ethyl adjacent to an activating group) is 1. The minimum Gasteiger partial charge on any atom is -0.336 e. The van der Waals surface area contributed by atoms with Gasteiger partial charge in [-0.1, -0.05) is 37.0 Å². The third kappa shape index (κ3) is 6.36. The number of nitrogens with zero attached hydrogens (tertiary/aromatic N) is 1. The van der Waals surface area contributed by atoms with E-state index in [0.717, 1.165) is 6.42 Å². The standard InChI is InChI=1S/C15H20Cl2N2O2/c1-10(2)4-7-15(21)19(3)9-14(20)18-11-5-6-12(16)13(17)8-11/h5-6,8,10H,4,7,9H2,1-3H3,(H,18,20). The lowest BCUT2D eigenvalue weighted by Gasteiger charge is -2.17. The lowest BCUT2D eigenvalue weighted by atomic mass is 10.1. The molecule has 0 heterocycles. The van der Waals surface area contributed by atoms with Crippen molar-refractivity contribution in [1.82, 2.24) is 4.90 Å². The van der Waals surface area contributed by atoms with E-state index in [-0.39, 0.29) is 18.4 Å². The summed E-state index contributed by atoms with van der Waals surface area (Å²) in [6.07, 6.45) is 1.27. The van der Waals surface area contributed by atoms with E-state index in [9.17, 15) is 9.59 Å². The summed E-state index contributed by atoms with van der Waals surface area (Å²) in [6.45, 7) is 4.13. The fourth-order valence-corrected chi connectivity index (χ4v) is 1.98. The van der Waals surface area contributed by atoms with E-state index in [0.29, 0.717) is 28.1 Å². The largest absolute Gasteiger partial charge is 0.336 e. The number of nitrogens with one attached hydrogen (secondary N) is 1. The quantitative estimate of drug-likeness (QED) is 0.861. The molecule has 0 fully saturated rings. The number of hydrogen-bond acceptors (Lipinski definition) is 2. The molecule has 0 atom stereocenters. The van der Waals surface area contributed by atoms with E-state index in [1.807, 2.05) is 0 Å². The number of rotatable bonds is 6. The van der Waals surface area contributed by atoms with E-state index >= 15 is 0 Å². The van der Waals surface area contributed by atoms with Crippen molar-refractivity contribution in [3.05, 3.63) is 28.2 Å². The Hall–Kier alpha value is -1.26. The van der Waals surface area contributed by atoms with Crippen LogP contribution in [0.25, 0.3) is 0 Å². The van der Waals surface area contributed by atoms with Crippen molar-refractivity contribution in [3.63, 3.8) is 0 Å². The summed E-state index contributed by atoms with van der Waals surface area (Å²) in [5, 5.41) is 3.48. The van der Waals surface area contributed by atoms with Crippen LogP contribution >= 0.6 is 23.2 Å². The van der Waals surface area contributed by atoms with Crippen LogP contribution in [0.2, 0.25) is 10.0 Å². The molecule has 1 aromatic carbocycles. The second-order valence-corrected chi connectivity index (χ2v) is 6.17. The van der Waals surface area contributed by atoms with Crippen LogP contribution in [0.3, 0.4) is 0 Å². The van der Waals surface area contributed by atoms with Crippen molar-refractivity contribution in [1.29, 1.82) is 0 Å². The molecule has 0 aliphatic carbocycles. The number of benzene rings is 1. The topological polar surface area (TPSA) is 49.4 Å². The molecule has 21 heavy (non-hydrogen) atoms. The fraction of sp³-hybridized carbons (Fsp3) is 0.467. The average Bonchev–Trinajstić information content (AvgIpc) is 2.40. The highest BCUT2D eigenvalue weighted by Crippen LogP contribution is 2.24. The Morgan fingerprint density at radius 1 is 1.24 bits per heavy atom. The predicted octanol–water partition coefficient (Wildman–Crippen LogP) is 3.83. The molecular formula is C15H20Cl2N2O2. The molecule has 1 N–H and O–H groups in total. The van der Waals surface area contributed by atoms with Crippen LogP contribution in [-0.2, 0) is 9.59 Å². The number of amides is 2. The van der Waals surface area contributed by atoms with Crippen LogP contribution in [0.1, 0.15) is 26.7 Å². The van der Waals surface area contributed by atoms with Crippen molar-refractivity contribution >= 4 is 40.7 Å². The number of carbonyl (C=O) groups excluding carboxylic acids is 2. The Morgan fingerprint density at radius 3 is 2.48 bits per heavy atom. The second-order valence-electron chi connectivity index (χ2n) is 5.36. The smallest absolute Gasteiger partial charge is 0.243 e. The molecule has 0 saturated heterocycles. The van der Waals surface area contributed by atoms with Crippen LogP contribution < -0.4 is 5.32 Å². The van der Waals surface area contributed by atoms with Gasteiger partial charge in [0.2, 0.25) is 11.8 Å². The Labute approximate surface area is 135 Å². The van der Waals surface area contributed by atoms with Gasteiger partial charge in [-0.25, -0.2) is 0 Å². The predicted molar refractivity (Wildman–Crippen MR) is 86.8 cm³/mol. The average molecular weight is 331 g/mol. The summed E-state index contributed by atoms with van der Waals surface area (Å²) in [4.78, 5) is 25.1. The summed E-state index contributed by atoms with van der Waals surface area (Å²) in [6, 6.07) is 4.84. The Morgan fingerprint density at radius 2 is 1.90 bits per heavy atom. The van der Waals surface area contributed by atoms with Gasteiger partial charge in [0.1, 0.15) is 0 Å². The number of hydrogen-bond donors (Lipinski definition) is 1. The first-order chi connectivity index (χ1) is 9.79. The third-order valence-electron chi connectivity index (χ3n) is 2.95. The van der Waals surface area contributed by atoms with Gasteiger partial charge in [0.05, 0.1) is 16.6 Å². The first-order valence-corrected chi connectivity index (χ1v) is 7.54. The molecule has 6 heteroatoms. The molecule has 0 aliphatic rings. The summed E-state index contributed by atoms with van der Waals surface area (Å²) in [5.74, 6) is 0.161. The highest BCUT2D eigenvalue weighted by Gasteiger charge is 2.13. The van der Waals surface area contributed by atoms with Gasteiger partial charge in [0.25, 0.3) is 0 Å². The van der Waals surface area contributed by atoms with Gasteiger partial charge < -0.3 is 10.2 Å². The maximum Gasteiger partial charge on any atom is 0.243 e. The SMILES string of the molecule is CC(C)CCC(=O)N(C)CC(=O)Nc1ccc(Cl)c(Cl)c1. The molecule has 0 radical (unpaired) electrons. The maximum atomic E-state index is 11.9. The van der Waals surface area contributed by atoms with Gasteiger partial charge in [0, 0.05) is 19.2 Å². The highest BCUT2D eigenvalue weighted by atomic mass is 35.5. The number of carbonyl (C=O) groups is 2. The minimum atomic E-state index is -0.270. The Kier molecular flexibility index (Phi) is 6.99. The van der Waals surface area contributed by atoms with Crippen LogP contribution in [-0.4, -0.2) is 30.3 Å². The zero-order valence-electron chi connectivity index (χ0n) is 12.5. The summed E-state index contributed by atoms with van der Waals surface area (Å²) >= 11 is 11.7. The maximum absolute atomic E-state index is 11.9. The monoisotopic (exact) mass is 330 g/mol. The molecule has 0 aromatic heterocycles. The van der Waals surface area contributed by atoms with Crippen LogP contribution in [0, 0.1) is 5.92 Å². The first-order valence-electron chi connectivity index (χ1n) is 6.78. The molecule has 0 spiro atoms. The van der Waals surface area contributed by atoms with Crippen molar-refractivity contribution in [3.8, 4) is 0 Å². The van der Waals surface area contributed by atoms with Crippen LogP contribution in [0.5, 0.6) is 0 Å². The summed E-state index contributed by atoms with van der Waals surface area (Å²) in [5.41, 5.74) is 0.553. The highest BCUT2D eigenvalue weighted by molar-refractivity contribution is 6.42. The van der Waals surface area contributed by atoms with Gasteiger partial charge in [-0.2, -0.15) is 0 Å². The molecule has 0 saturated carbocycles. The lowest BCUT2D eigenvalue weighted by Crippen LogP contribution is -2.34. The van der Waals surface area contributed by atoms with Crippen molar-refractivity contribution < 1.29 is 9.59 Å². The third-order valence-corrected chi connectivity index (χ3v) is 3.68. The first kappa shape index (κ1) is 17.8. The molecule has 0 bridgehead atoms. The van der Waals surface area contributed by atoms with Gasteiger partial charge >= 0.3 is 0 Å². The fourth-order valence-electron chi connectivity index (χ4n) is 1.68. The van der Waals surface area contributed by atoms with Crippen molar-refractivity contribution in [2.45, 2.75) is 26.7 Å². The molecule has 0 unspecified atom stereocenters. The van der Waals surface area contributed by atoms with E-state index in [2.05, 4.69) is 19.2 Å². The molecular weight excluding hydrogens is 311 g/mol. The van der Waals surface area contributed by atoms with E-state index in [1.165, 1.54) is 4.90 Å². The molecule has 1 rings (SSSR count). The van der Waals surface area contributed by atoms with Gasteiger partial charge in [-0.15, -0.1) is 0 Å². The molecule has 2 amide bonds. The Bertz CT molecular complexity index is 518. The minimum absolute atomic E-state index is 0.0111. The summed E-state index contributed by atoms with van der Waals surface area (Å²) < 4.78 is 0. The van der Waals surface area contributed by atoms with Crippen molar-refractivity contribution in [2.24, 2.45) is 5.92 Å². The van der Waals surface area contributed by atoms with E-state index in [4.69, 9.17) is 23.2 Å². The number of anilines is 1. The van der Waals surface area contributed by atoms with Crippen LogP contribution in [0.4, 0.5) is 5.69 Å². The molecule has 116 valence electrons.